The van der Waals surface area contributed by atoms with Crippen molar-refractivity contribution in [3.8, 4) is 17.0 Å². The summed E-state index contributed by atoms with van der Waals surface area (Å²) in [7, 11) is 3.30. The number of aromatic nitrogens is 4. The number of ether oxygens (including phenoxy) is 2. The minimum absolute atomic E-state index is 0.135. The first-order valence-electron chi connectivity index (χ1n) is 9.74. The molecule has 160 valence electrons. The third kappa shape index (κ3) is 4.34. The first-order valence-corrected chi connectivity index (χ1v) is 10.1. The zero-order chi connectivity index (χ0) is 22.0. The summed E-state index contributed by atoms with van der Waals surface area (Å²) in [6, 6.07) is 12.9. The summed E-state index contributed by atoms with van der Waals surface area (Å²) in [4.78, 5) is 16.7. The number of carbonyl (C=O) groups is 1. The number of halogens is 1. The number of benzene rings is 2. The van der Waals surface area contributed by atoms with Crippen LogP contribution in [0, 0.1) is 0 Å². The van der Waals surface area contributed by atoms with E-state index in [0.717, 1.165) is 28.7 Å². The predicted octanol–water partition coefficient (Wildman–Crippen LogP) is 4.87. The van der Waals surface area contributed by atoms with Gasteiger partial charge >= 0.3 is 6.09 Å². The van der Waals surface area contributed by atoms with Crippen molar-refractivity contribution in [1.82, 2.24) is 19.3 Å². The van der Waals surface area contributed by atoms with Crippen LogP contribution in [0.2, 0.25) is 5.02 Å². The van der Waals surface area contributed by atoms with Crippen molar-refractivity contribution in [3.63, 3.8) is 0 Å². The largest absolute Gasteiger partial charge is 0.496 e. The van der Waals surface area contributed by atoms with E-state index in [9.17, 15) is 4.79 Å². The topological polar surface area (TPSA) is 83.2 Å². The van der Waals surface area contributed by atoms with Gasteiger partial charge < -0.3 is 14.0 Å². The predicted molar refractivity (Wildman–Crippen MR) is 119 cm³/mol. The Morgan fingerprint density at radius 1 is 1.19 bits per heavy atom. The molecule has 0 aliphatic heterocycles. The van der Waals surface area contributed by atoms with Crippen LogP contribution in [0.4, 0.5) is 10.6 Å². The van der Waals surface area contributed by atoms with Gasteiger partial charge in [0.05, 0.1) is 30.2 Å². The number of fused-ring (bicyclic) bond motifs is 1. The lowest BCUT2D eigenvalue weighted by molar-refractivity contribution is 0.155. The van der Waals surface area contributed by atoms with Crippen LogP contribution in [-0.4, -0.2) is 32.5 Å². The van der Waals surface area contributed by atoms with Crippen molar-refractivity contribution in [2.75, 3.05) is 12.4 Å². The summed E-state index contributed by atoms with van der Waals surface area (Å²) < 4.78 is 14.4. The van der Waals surface area contributed by atoms with Crippen molar-refractivity contribution in [2.45, 2.75) is 20.1 Å². The van der Waals surface area contributed by atoms with E-state index >= 15 is 0 Å². The molecule has 0 spiro atoms. The molecule has 9 heteroatoms. The van der Waals surface area contributed by atoms with E-state index in [1.165, 1.54) is 0 Å². The maximum Gasteiger partial charge on any atom is 0.413 e. The minimum atomic E-state index is -0.572. The fourth-order valence-corrected chi connectivity index (χ4v) is 3.50. The van der Waals surface area contributed by atoms with Crippen molar-refractivity contribution >= 4 is 34.5 Å². The van der Waals surface area contributed by atoms with Crippen molar-refractivity contribution in [2.24, 2.45) is 7.05 Å². The van der Waals surface area contributed by atoms with Gasteiger partial charge in [0.2, 0.25) is 0 Å². The molecule has 2 aromatic heterocycles. The van der Waals surface area contributed by atoms with Gasteiger partial charge in [-0.05, 0) is 42.8 Å². The molecule has 0 saturated carbocycles. The van der Waals surface area contributed by atoms with Gasteiger partial charge in [-0.25, -0.2) is 9.78 Å². The third-order valence-electron chi connectivity index (χ3n) is 4.95. The molecule has 0 saturated heterocycles. The molecule has 2 heterocycles. The van der Waals surface area contributed by atoms with Crippen molar-refractivity contribution in [1.29, 1.82) is 0 Å². The quantitative estimate of drug-likeness (QED) is 0.463. The van der Waals surface area contributed by atoms with Crippen molar-refractivity contribution < 1.29 is 14.3 Å². The second-order valence-corrected chi connectivity index (χ2v) is 7.37. The lowest BCUT2D eigenvalue weighted by atomic mass is 10.1. The summed E-state index contributed by atoms with van der Waals surface area (Å²) >= 11 is 6.03. The zero-order valence-electron chi connectivity index (χ0n) is 17.4. The number of nitrogens with one attached hydrogen (secondary N) is 1. The molecule has 0 bridgehead atoms. The SMILES string of the molecule is CCn1cnc2cc(COC(=O)Nc3cc(-c4ccc(Cl)cc4OC)nn3C)ccc21. The number of imidazole rings is 1. The van der Waals surface area contributed by atoms with Gasteiger partial charge in [0.15, 0.2) is 0 Å². The van der Waals surface area contributed by atoms with Crippen LogP contribution in [0.5, 0.6) is 5.75 Å². The van der Waals surface area contributed by atoms with Crippen LogP contribution in [0.1, 0.15) is 12.5 Å². The maximum atomic E-state index is 12.3. The Morgan fingerprint density at radius 2 is 2.03 bits per heavy atom. The van der Waals surface area contributed by atoms with Gasteiger partial charge in [-0.3, -0.25) is 10.00 Å². The molecule has 1 amide bonds. The maximum absolute atomic E-state index is 12.3. The summed E-state index contributed by atoms with van der Waals surface area (Å²) in [5.41, 5.74) is 4.19. The number of anilines is 1. The molecule has 0 radical (unpaired) electrons. The molecule has 0 aliphatic carbocycles. The molecule has 4 aromatic rings. The molecule has 31 heavy (non-hydrogen) atoms. The fraction of sp³-hybridized carbons (Fsp3) is 0.227. The number of carbonyl (C=O) groups excluding carboxylic acids is 1. The number of aryl methyl sites for hydroxylation is 2. The molecule has 0 atom stereocenters. The molecule has 2 aromatic carbocycles. The summed E-state index contributed by atoms with van der Waals surface area (Å²) in [5, 5.41) is 7.74. The monoisotopic (exact) mass is 439 g/mol. The van der Waals surface area contributed by atoms with E-state index in [1.54, 1.807) is 43.4 Å². The fourth-order valence-electron chi connectivity index (χ4n) is 3.33. The number of hydrogen-bond donors (Lipinski definition) is 1. The van der Waals surface area contributed by atoms with Gasteiger partial charge in [-0.2, -0.15) is 5.10 Å². The Kier molecular flexibility index (Phi) is 5.81. The standard InChI is InChI=1S/C22H22ClN5O3/c1-4-28-13-24-18-9-14(5-8-19(18)28)12-31-22(29)25-21-11-17(26-27(21)2)16-7-6-15(23)10-20(16)30-3/h5-11,13H,4,12H2,1-3H3,(H,25,29). The number of methoxy groups -OCH3 is 1. The number of rotatable bonds is 6. The van der Waals surface area contributed by atoms with E-state index < -0.39 is 6.09 Å². The van der Waals surface area contributed by atoms with E-state index in [1.807, 2.05) is 24.3 Å². The Morgan fingerprint density at radius 3 is 2.81 bits per heavy atom. The van der Waals surface area contributed by atoms with Gasteiger partial charge in [0.25, 0.3) is 0 Å². The first kappa shape index (κ1) is 20.7. The van der Waals surface area contributed by atoms with Crippen LogP contribution >= 0.6 is 11.6 Å². The van der Waals surface area contributed by atoms with E-state index in [0.29, 0.717) is 22.3 Å². The highest BCUT2D eigenvalue weighted by atomic mass is 35.5. The van der Waals surface area contributed by atoms with E-state index in [-0.39, 0.29) is 6.61 Å². The summed E-state index contributed by atoms with van der Waals surface area (Å²) in [5.74, 6) is 1.09. The minimum Gasteiger partial charge on any atom is -0.496 e. The lowest BCUT2D eigenvalue weighted by Crippen LogP contribution is -2.15. The molecule has 0 aliphatic rings. The Labute approximate surface area is 184 Å². The normalized spacial score (nSPS) is 11.0. The highest BCUT2D eigenvalue weighted by Gasteiger charge is 2.15. The Hall–Kier alpha value is -3.52. The van der Waals surface area contributed by atoms with E-state index in [4.69, 9.17) is 21.1 Å². The van der Waals surface area contributed by atoms with Crippen LogP contribution in [0.15, 0.2) is 48.8 Å². The third-order valence-corrected chi connectivity index (χ3v) is 5.18. The molecule has 4 rings (SSSR count). The van der Waals surface area contributed by atoms with Gasteiger partial charge in [0, 0.05) is 30.2 Å². The van der Waals surface area contributed by atoms with E-state index in [2.05, 4.69) is 26.9 Å². The smallest absolute Gasteiger partial charge is 0.413 e. The van der Waals surface area contributed by atoms with Crippen molar-refractivity contribution in [3.05, 3.63) is 59.4 Å². The second-order valence-electron chi connectivity index (χ2n) is 6.94. The van der Waals surface area contributed by atoms with Gasteiger partial charge in [-0.1, -0.05) is 17.7 Å². The summed E-state index contributed by atoms with van der Waals surface area (Å²) in [6.45, 7) is 3.05. The summed E-state index contributed by atoms with van der Waals surface area (Å²) in [6.07, 6.45) is 1.23. The molecule has 8 nitrogen and oxygen atoms in total. The number of amides is 1. The molecule has 0 unspecified atom stereocenters. The average molecular weight is 440 g/mol. The van der Waals surface area contributed by atoms with Gasteiger partial charge in [-0.15, -0.1) is 0 Å². The number of hydrogen-bond acceptors (Lipinski definition) is 5. The van der Waals surface area contributed by atoms with Crippen LogP contribution in [-0.2, 0) is 24.9 Å². The second kappa shape index (κ2) is 8.69. The Balaban J connectivity index is 1.43. The number of nitrogens with zero attached hydrogens (tertiary/aromatic N) is 4. The highest BCUT2D eigenvalue weighted by Crippen LogP contribution is 2.32. The van der Waals surface area contributed by atoms with Gasteiger partial charge in [0.1, 0.15) is 18.2 Å². The molecular formula is C22H22ClN5O3. The molecule has 1 N–H and O–H groups in total. The first-order chi connectivity index (χ1) is 15.0. The molecular weight excluding hydrogens is 418 g/mol. The van der Waals surface area contributed by atoms with Crippen LogP contribution in [0.3, 0.4) is 0 Å². The van der Waals surface area contributed by atoms with Crippen LogP contribution in [0.25, 0.3) is 22.3 Å². The highest BCUT2D eigenvalue weighted by molar-refractivity contribution is 6.30. The zero-order valence-corrected chi connectivity index (χ0v) is 18.2. The Bertz CT molecular complexity index is 1250. The lowest BCUT2D eigenvalue weighted by Gasteiger charge is -2.07. The molecule has 0 fully saturated rings. The van der Waals surface area contributed by atoms with Crippen LogP contribution < -0.4 is 10.1 Å². The average Bonchev–Trinajstić information content (AvgIpc) is 3.34.